The molecule has 2 spiro atoms. The molecule has 2 nitrogen and oxygen atoms in total. The van der Waals surface area contributed by atoms with Crippen LogP contribution in [0.15, 0.2) is 0 Å². The van der Waals surface area contributed by atoms with Gasteiger partial charge in [0.05, 0.1) is 11.2 Å². The average Bonchev–Trinajstić information content (AvgIpc) is 2.62. The summed E-state index contributed by atoms with van der Waals surface area (Å²) in [6.07, 6.45) is 13.4. The molecular weight excluding hydrogens is 246 g/mol. The summed E-state index contributed by atoms with van der Waals surface area (Å²) in [7, 11) is 0. The largest absolute Gasteiger partial charge is 0.366 e. The molecule has 1 N–H and O–H groups in total. The predicted molar refractivity (Wildman–Crippen MR) is 83.9 cm³/mol. The molecule has 3 rings (SSSR count). The van der Waals surface area contributed by atoms with E-state index in [9.17, 15) is 0 Å². The molecule has 2 atom stereocenters. The van der Waals surface area contributed by atoms with Crippen LogP contribution in [0.5, 0.6) is 0 Å². The Labute approximate surface area is 125 Å². The van der Waals surface area contributed by atoms with E-state index < -0.39 is 0 Å². The fourth-order valence-corrected chi connectivity index (χ4v) is 4.87. The van der Waals surface area contributed by atoms with Crippen LogP contribution in [-0.4, -0.2) is 24.3 Å². The lowest BCUT2D eigenvalue weighted by Gasteiger charge is -2.50. The van der Waals surface area contributed by atoms with E-state index in [0.717, 1.165) is 24.9 Å². The van der Waals surface area contributed by atoms with Crippen LogP contribution >= 0.6 is 0 Å². The Hall–Kier alpha value is -0.0800. The third kappa shape index (κ3) is 3.06. The number of ether oxygens (including phenoxy) is 1. The highest BCUT2D eigenvalue weighted by molar-refractivity contribution is 4.99. The molecule has 20 heavy (non-hydrogen) atoms. The van der Waals surface area contributed by atoms with Crippen LogP contribution in [0.3, 0.4) is 0 Å². The van der Waals surface area contributed by atoms with Crippen molar-refractivity contribution in [3.05, 3.63) is 0 Å². The van der Waals surface area contributed by atoms with Crippen LogP contribution in [0.25, 0.3) is 0 Å². The van der Waals surface area contributed by atoms with Crippen LogP contribution in [0.1, 0.15) is 78.1 Å². The lowest BCUT2D eigenvalue weighted by atomic mass is 9.80. The van der Waals surface area contributed by atoms with Crippen LogP contribution in [-0.2, 0) is 4.74 Å². The van der Waals surface area contributed by atoms with E-state index in [-0.39, 0.29) is 11.2 Å². The van der Waals surface area contributed by atoms with Gasteiger partial charge in [-0.15, -0.1) is 0 Å². The molecule has 3 aliphatic rings. The van der Waals surface area contributed by atoms with E-state index >= 15 is 0 Å². The number of rotatable bonds is 1. The second kappa shape index (κ2) is 5.96. The van der Waals surface area contributed by atoms with Gasteiger partial charge in [0.2, 0.25) is 0 Å². The number of hydrogen-bond acceptors (Lipinski definition) is 2. The van der Waals surface area contributed by atoms with Gasteiger partial charge in [0, 0.05) is 13.1 Å². The quantitative estimate of drug-likeness (QED) is 0.773. The molecule has 0 aromatic carbocycles. The first-order chi connectivity index (χ1) is 9.63. The third-order valence-corrected chi connectivity index (χ3v) is 6.21. The molecule has 0 bridgehead atoms. The normalized spacial score (nSPS) is 38.2. The maximum absolute atomic E-state index is 6.89. The standard InChI is InChI=1S/C18H33NO/c1-15(2)16-7-6-11-18(12-8-16)14-19-13-17(20-18)9-4-3-5-10-17/h15-16,19H,3-14H2,1-2H3. The molecule has 1 saturated heterocycles. The van der Waals surface area contributed by atoms with Crippen molar-refractivity contribution in [2.75, 3.05) is 13.1 Å². The van der Waals surface area contributed by atoms with E-state index in [4.69, 9.17) is 4.74 Å². The Morgan fingerprint density at radius 2 is 1.50 bits per heavy atom. The van der Waals surface area contributed by atoms with Crippen molar-refractivity contribution in [2.24, 2.45) is 11.8 Å². The van der Waals surface area contributed by atoms with E-state index in [1.165, 1.54) is 64.2 Å². The Morgan fingerprint density at radius 1 is 0.850 bits per heavy atom. The topological polar surface area (TPSA) is 21.3 Å². The van der Waals surface area contributed by atoms with Gasteiger partial charge in [0.1, 0.15) is 0 Å². The molecule has 1 aliphatic heterocycles. The number of morpholine rings is 1. The molecule has 2 saturated carbocycles. The summed E-state index contributed by atoms with van der Waals surface area (Å²) in [5, 5.41) is 3.75. The molecule has 116 valence electrons. The van der Waals surface area contributed by atoms with Gasteiger partial charge >= 0.3 is 0 Å². The fraction of sp³-hybridized carbons (Fsp3) is 1.00. The lowest BCUT2D eigenvalue weighted by Crippen LogP contribution is -2.60. The Kier molecular flexibility index (Phi) is 4.42. The molecule has 2 aliphatic carbocycles. The van der Waals surface area contributed by atoms with Crippen molar-refractivity contribution in [3.8, 4) is 0 Å². The lowest BCUT2D eigenvalue weighted by molar-refractivity contribution is -0.196. The Bertz CT molecular complexity index is 316. The summed E-state index contributed by atoms with van der Waals surface area (Å²) < 4.78 is 6.89. The molecule has 0 amide bonds. The number of nitrogens with one attached hydrogen (secondary N) is 1. The molecule has 1 heterocycles. The van der Waals surface area contributed by atoms with Crippen LogP contribution < -0.4 is 5.32 Å². The highest BCUT2D eigenvalue weighted by atomic mass is 16.5. The maximum Gasteiger partial charge on any atom is 0.0814 e. The van der Waals surface area contributed by atoms with Gasteiger partial charge in [-0.3, -0.25) is 0 Å². The van der Waals surface area contributed by atoms with E-state index in [2.05, 4.69) is 19.2 Å². The minimum Gasteiger partial charge on any atom is -0.366 e. The minimum absolute atomic E-state index is 0.166. The molecule has 2 unspecified atom stereocenters. The highest BCUT2D eigenvalue weighted by Crippen LogP contribution is 2.43. The zero-order valence-corrected chi connectivity index (χ0v) is 13.5. The van der Waals surface area contributed by atoms with Gasteiger partial charge in [0.15, 0.2) is 0 Å². The van der Waals surface area contributed by atoms with E-state index in [0.29, 0.717) is 0 Å². The summed E-state index contributed by atoms with van der Waals surface area (Å²) >= 11 is 0. The smallest absolute Gasteiger partial charge is 0.0814 e. The average molecular weight is 279 g/mol. The van der Waals surface area contributed by atoms with Crippen molar-refractivity contribution in [1.82, 2.24) is 5.32 Å². The Morgan fingerprint density at radius 3 is 2.20 bits per heavy atom. The van der Waals surface area contributed by atoms with E-state index in [1.54, 1.807) is 0 Å². The SMILES string of the molecule is CC(C)C1CCCC2(CC1)CNCC1(CCCCC1)O2. The van der Waals surface area contributed by atoms with Crippen molar-refractivity contribution >= 4 is 0 Å². The first kappa shape index (κ1) is 14.8. The van der Waals surface area contributed by atoms with Gasteiger partial charge in [-0.2, -0.15) is 0 Å². The summed E-state index contributed by atoms with van der Waals surface area (Å²) in [6, 6.07) is 0. The molecular formula is C18H33NO. The zero-order chi connectivity index (χ0) is 14.1. The Balaban J connectivity index is 1.68. The van der Waals surface area contributed by atoms with Gasteiger partial charge in [-0.1, -0.05) is 46.0 Å². The van der Waals surface area contributed by atoms with E-state index in [1.807, 2.05) is 0 Å². The van der Waals surface area contributed by atoms with Gasteiger partial charge in [0.25, 0.3) is 0 Å². The van der Waals surface area contributed by atoms with Gasteiger partial charge in [-0.25, -0.2) is 0 Å². The predicted octanol–water partition coefficient (Wildman–Crippen LogP) is 4.28. The summed E-state index contributed by atoms with van der Waals surface area (Å²) in [6.45, 7) is 6.98. The van der Waals surface area contributed by atoms with Gasteiger partial charge in [-0.05, 0) is 43.9 Å². The molecule has 3 fully saturated rings. The van der Waals surface area contributed by atoms with Crippen molar-refractivity contribution in [3.63, 3.8) is 0 Å². The molecule has 0 radical (unpaired) electrons. The number of hydrogen-bond donors (Lipinski definition) is 1. The molecule has 2 heteroatoms. The summed E-state index contributed by atoms with van der Waals surface area (Å²) in [4.78, 5) is 0. The van der Waals surface area contributed by atoms with Crippen LogP contribution in [0.2, 0.25) is 0 Å². The summed E-state index contributed by atoms with van der Waals surface area (Å²) in [5.74, 6) is 1.76. The monoisotopic (exact) mass is 279 g/mol. The third-order valence-electron chi connectivity index (χ3n) is 6.21. The second-order valence-corrected chi connectivity index (χ2v) is 8.07. The second-order valence-electron chi connectivity index (χ2n) is 8.07. The highest BCUT2D eigenvalue weighted by Gasteiger charge is 2.46. The first-order valence-corrected chi connectivity index (χ1v) is 9.04. The van der Waals surface area contributed by atoms with Crippen molar-refractivity contribution in [2.45, 2.75) is 89.3 Å². The maximum atomic E-state index is 6.89. The minimum atomic E-state index is 0.166. The van der Waals surface area contributed by atoms with Crippen LogP contribution in [0, 0.1) is 11.8 Å². The molecule has 0 aromatic heterocycles. The zero-order valence-electron chi connectivity index (χ0n) is 13.5. The molecule has 0 aromatic rings. The summed E-state index contributed by atoms with van der Waals surface area (Å²) in [5.41, 5.74) is 0.355. The van der Waals surface area contributed by atoms with Crippen molar-refractivity contribution in [1.29, 1.82) is 0 Å². The van der Waals surface area contributed by atoms with Crippen LogP contribution in [0.4, 0.5) is 0 Å². The fourth-order valence-electron chi connectivity index (χ4n) is 4.87. The first-order valence-electron chi connectivity index (χ1n) is 9.04. The van der Waals surface area contributed by atoms with Gasteiger partial charge < -0.3 is 10.1 Å². The van der Waals surface area contributed by atoms with Crippen molar-refractivity contribution < 1.29 is 4.74 Å².